The molecular weight excluding hydrogens is 531 g/mol. The predicted octanol–water partition coefficient (Wildman–Crippen LogP) is 6.75. The van der Waals surface area contributed by atoms with Crippen LogP contribution < -0.4 is 10.1 Å². The lowest BCUT2D eigenvalue weighted by Crippen LogP contribution is -2.52. The summed E-state index contributed by atoms with van der Waals surface area (Å²) in [7, 11) is 0. The molecule has 3 aromatic rings. The number of nitrogens with zero attached hydrogens (tertiary/aromatic N) is 1. The first-order valence-electron chi connectivity index (χ1n) is 12.1. The van der Waals surface area contributed by atoms with Crippen molar-refractivity contribution in [2.45, 2.75) is 39.8 Å². The standard InChI is InChI=1S/C29H31Cl3N2O3/c1-19(2)16-33-29(36)27(15-21-7-5-4-6-8-21)34(17-22-9-11-25(31)26(32)14-22)28(35)18-37-23-10-12-24(30)20(3)13-23/h4-14,19,27H,15-18H2,1-3H3,(H,33,36). The highest BCUT2D eigenvalue weighted by Crippen LogP contribution is 2.25. The minimum Gasteiger partial charge on any atom is -0.484 e. The molecule has 0 saturated carbocycles. The molecule has 196 valence electrons. The van der Waals surface area contributed by atoms with Crippen LogP contribution in [0.1, 0.15) is 30.5 Å². The van der Waals surface area contributed by atoms with Crippen molar-refractivity contribution in [3.63, 3.8) is 0 Å². The van der Waals surface area contributed by atoms with Crippen LogP contribution in [0.4, 0.5) is 0 Å². The molecule has 0 saturated heterocycles. The Bertz CT molecular complexity index is 1220. The third kappa shape index (κ3) is 8.67. The van der Waals surface area contributed by atoms with Crippen molar-refractivity contribution < 1.29 is 14.3 Å². The molecule has 37 heavy (non-hydrogen) atoms. The van der Waals surface area contributed by atoms with Gasteiger partial charge in [-0.05, 0) is 59.9 Å². The highest BCUT2D eigenvalue weighted by atomic mass is 35.5. The Hall–Kier alpha value is -2.73. The van der Waals surface area contributed by atoms with E-state index in [2.05, 4.69) is 5.32 Å². The van der Waals surface area contributed by atoms with Gasteiger partial charge in [-0.2, -0.15) is 0 Å². The summed E-state index contributed by atoms with van der Waals surface area (Å²) in [6.07, 6.45) is 0.345. The van der Waals surface area contributed by atoms with Crippen molar-refractivity contribution in [3.05, 3.63) is 98.5 Å². The van der Waals surface area contributed by atoms with Crippen LogP contribution >= 0.6 is 34.8 Å². The summed E-state index contributed by atoms with van der Waals surface area (Å²) in [5, 5.41) is 4.41. The first kappa shape index (κ1) is 28.8. The molecule has 3 rings (SSSR count). The van der Waals surface area contributed by atoms with E-state index in [0.29, 0.717) is 33.8 Å². The first-order valence-corrected chi connectivity index (χ1v) is 13.2. The second kappa shape index (κ2) is 13.7. The van der Waals surface area contributed by atoms with Gasteiger partial charge in [0.1, 0.15) is 11.8 Å². The number of rotatable bonds is 11. The summed E-state index contributed by atoms with van der Waals surface area (Å²) in [4.78, 5) is 28.6. The van der Waals surface area contributed by atoms with Crippen LogP contribution in [0.15, 0.2) is 66.7 Å². The van der Waals surface area contributed by atoms with Gasteiger partial charge in [-0.15, -0.1) is 0 Å². The lowest BCUT2D eigenvalue weighted by Gasteiger charge is -2.32. The Kier molecular flexibility index (Phi) is 10.7. The number of carbonyl (C=O) groups excluding carboxylic acids is 2. The van der Waals surface area contributed by atoms with Crippen molar-refractivity contribution >= 4 is 46.6 Å². The van der Waals surface area contributed by atoms with Crippen molar-refractivity contribution in [1.29, 1.82) is 0 Å². The van der Waals surface area contributed by atoms with Crippen LogP contribution in [0, 0.1) is 12.8 Å². The SMILES string of the molecule is Cc1cc(OCC(=O)N(Cc2ccc(Cl)c(Cl)c2)C(Cc2ccccc2)C(=O)NCC(C)C)ccc1Cl. The summed E-state index contributed by atoms with van der Waals surface area (Å²) in [5.41, 5.74) is 2.53. The van der Waals surface area contributed by atoms with Crippen molar-refractivity contribution in [1.82, 2.24) is 10.2 Å². The van der Waals surface area contributed by atoms with E-state index < -0.39 is 6.04 Å². The Morgan fingerprint density at radius 1 is 0.892 bits per heavy atom. The molecule has 0 heterocycles. The summed E-state index contributed by atoms with van der Waals surface area (Å²) < 4.78 is 5.81. The molecule has 0 aromatic heterocycles. The number of nitrogens with one attached hydrogen (secondary N) is 1. The molecule has 3 aromatic carbocycles. The number of aryl methyl sites for hydroxylation is 1. The van der Waals surface area contributed by atoms with E-state index in [1.165, 1.54) is 0 Å². The number of carbonyl (C=O) groups is 2. The van der Waals surface area contributed by atoms with Gasteiger partial charge in [0.05, 0.1) is 10.0 Å². The Labute approximate surface area is 233 Å². The Morgan fingerprint density at radius 2 is 1.59 bits per heavy atom. The van der Waals surface area contributed by atoms with Gasteiger partial charge in [0.2, 0.25) is 5.91 Å². The van der Waals surface area contributed by atoms with Crippen LogP contribution in [0.5, 0.6) is 5.75 Å². The normalized spacial score (nSPS) is 11.8. The van der Waals surface area contributed by atoms with E-state index in [4.69, 9.17) is 39.5 Å². The highest BCUT2D eigenvalue weighted by molar-refractivity contribution is 6.42. The number of benzene rings is 3. The third-order valence-electron chi connectivity index (χ3n) is 5.78. The fourth-order valence-electron chi connectivity index (χ4n) is 3.75. The smallest absolute Gasteiger partial charge is 0.261 e. The van der Waals surface area contributed by atoms with Gasteiger partial charge < -0.3 is 15.0 Å². The highest BCUT2D eigenvalue weighted by Gasteiger charge is 2.31. The summed E-state index contributed by atoms with van der Waals surface area (Å²) in [6, 6.07) is 19.2. The summed E-state index contributed by atoms with van der Waals surface area (Å²) in [6.45, 7) is 6.32. The van der Waals surface area contributed by atoms with Crippen LogP contribution in [0.25, 0.3) is 0 Å². The molecule has 1 atom stereocenters. The van der Waals surface area contributed by atoms with Gasteiger partial charge in [-0.1, -0.05) is 85.0 Å². The maximum absolute atomic E-state index is 13.6. The van der Waals surface area contributed by atoms with Crippen molar-refractivity contribution in [2.75, 3.05) is 13.2 Å². The van der Waals surface area contributed by atoms with E-state index >= 15 is 0 Å². The second-order valence-electron chi connectivity index (χ2n) is 9.31. The van der Waals surface area contributed by atoms with Gasteiger partial charge in [-0.25, -0.2) is 0 Å². The largest absolute Gasteiger partial charge is 0.484 e. The van der Waals surface area contributed by atoms with Gasteiger partial charge in [0.25, 0.3) is 5.91 Å². The lowest BCUT2D eigenvalue weighted by atomic mass is 10.0. The molecule has 0 fully saturated rings. The first-order chi connectivity index (χ1) is 17.6. The number of hydrogen-bond donors (Lipinski definition) is 1. The zero-order valence-electron chi connectivity index (χ0n) is 21.1. The summed E-state index contributed by atoms with van der Waals surface area (Å²) >= 11 is 18.5. The number of ether oxygens (including phenoxy) is 1. The van der Waals surface area contributed by atoms with Crippen LogP contribution in [-0.2, 0) is 22.6 Å². The second-order valence-corrected chi connectivity index (χ2v) is 10.5. The zero-order valence-corrected chi connectivity index (χ0v) is 23.4. The molecule has 1 unspecified atom stereocenters. The molecule has 0 radical (unpaired) electrons. The monoisotopic (exact) mass is 560 g/mol. The molecule has 0 bridgehead atoms. The van der Waals surface area contributed by atoms with E-state index in [1.807, 2.05) is 51.1 Å². The number of amides is 2. The van der Waals surface area contributed by atoms with Gasteiger partial charge in [0, 0.05) is 24.5 Å². The molecule has 8 heteroatoms. The molecule has 0 aliphatic rings. The lowest BCUT2D eigenvalue weighted by molar-refractivity contribution is -0.142. The molecule has 0 spiro atoms. The zero-order chi connectivity index (χ0) is 26.9. The fourth-order valence-corrected chi connectivity index (χ4v) is 4.18. The molecule has 2 amide bonds. The van der Waals surface area contributed by atoms with E-state index in [-0.39, 0.29) is 30.9 Å². The molecule has 0 aliphatic carbocycles. The molecule has 0 aliphatic heterocycles. The Balaban J connectivity index is 1.92. The van der Waals surface area contributed by atoms with Crippen molar-refractivity contribution in [3.8, 4) is 5.75 Å². The predicted molar refractivity (Wildman–Crippen MR) is 150 cm³/mol. The fraction of sp³-hybridized carbons (Fsp3) is 0.310. The molecular formula is C29H31Cl3N2O3. The maximum Gasteiger partial charge on any atom is 0.261 e. The topological polar surface area (TPSA) is 58.6 Å². The maximum atomic E-state index is 13.6. The van der Waals surface area contributed by atoms with Gasteiger partial charge in [0.15, 0.2) is 6.61 Å². The minimum absolute atomic E-state index is 0.158. The van der Waals surface area contributed by atoms with E-state index in [9.17, 15) is 9.59 Å². The summed E-state index contributed by atoms with van der Waals surface area (Å²) in [5.74, 6) is 0.221. The quantitative estimate of drug-likeness (QED) is 0.282. The number of hydrogen-bond acceptors (Lipinski definition) is 3. The van der Waals surface area contributed by atoms with Crippen LogP contribution in [-0.4, -0.2) is 35.9 Å². The minimum atomic E-state index is -0.765. The van der Waals surface area contributed by atoms with Gasteiger partial charge >= 0.3 is 0 Å². The average molecular weight is 562 g/mol. The van der Waals surface area contributed by atoms with E-state index in [1.54, 1.807) is 41.3 Å². The average Bonchev–Trinajstić information content (AvgIpc) is 2.87. The molecule has 5 nitrogen and oxygen atoms in total. The van der Waals surface area contributed by atoms with Crippen LogP contribution in [0.3, 0.4) is 0 Å². The third-order valence-corrected chi connectivity index (χ3v) is 6.95. The molecule has 1 N–H and O–H groups in total. The van der Waals surface area contributed by atoms with E-state index in [0.717, 1.165) is 16.7 Å². The van der Waals surface area contributed by atoms with Crippen molar-refractivity contribution in [2.24, 2.45) is 5.92 Å². The number of halogens is 3. The van der Waals surface area contributed by atoms with Gasteiger partial charge in [-0.3, -0.25) is 9.59 Å². The Morgan fingerprint density at radius 3 is 2.24 bits per heavy atom. The van der Waals surface area contributed by atoms with Crippen LogP contribution in [0.2, 0.25) is 15.1 Å².